The monoisotopic (exact) mass is 240 g/mol. The summed E-state index contributed by atoms with van der Waals surface area (Å²) in [4.78, 5) is 21.7. The smallest absolute Gasteiger partial charge is 0.331 e. The molecule has 1 fully saturated rings. The third-order valence-electron chi connectivity index (χ3n) is 3.85. The quantitative estimate of drug-likeness (QED) is 0.592. The van der Waals surface area contributed by atoms with Gasteiger partial charge in [-0.15, -0.1) is 0 Å². The fourth-order valence-electron chi connectivity index (χ4n) is 2.67. The van der Waals surface area contributed by atoms with Crippen molar-refractivity contribution in [2.75, 3.05) is 0 Å². The Labute approximate surface area is 102 Å². The predicted molar refractivity (Wildman–Crippen MR) is 63.5 cm³/mol. The molecule has 4 nitrogen and oxygen atoms in total. The SMILES string of the molecule is CCC1(CC)CCCC1OC(=O)C=CC(=O)O. The molecular formula is C13H20O4. The fraction of sp³-hybridized carbons (Fsp3) is 0.692. The highest BCUT2D eigenvalue weighted by Crippen LogP contribution is 2.45. The number of ether oxygens (including phenoxy) is 1. The standard InChI is InChI=1S/C13H20O4/c1-3-13(4-2)9-5-6-10(13)17-12(16)8-7-11(14)15/h7-8,10H,3-6,9H2,1-2H3,(H,14,15). The van der Waals surface area contributed by atoms with Crippen molar-refractivity contribution in [2.24, 2.45) is 5.41 Å². The number of carboxylic acids is 1. The second kappa shape index (κ2) is 5.84. The highest BCUT2D eigenvalue weighted by molar-refractivity contribution is 5.90. The van der Waals surface area contributed by atoms with E-state index in [1.807, 2.05) is 0 Å². The van der Waals surface area contributed by atoms with E-state index in [-0.39, 0.29) is 11.5 Å². The van der Waals surface area contributed by atoms with Crippen LogP contribution in [0.15, 0.2) is 12.2 Å². The Morgan fingerprint density at radius 1 is 1.35 bits per heavy atom. The van der Waals surface area contributed by atoms with Gasteiger partial charge in [0, 0.05) is 17.6 Å². The predicted octanol–water partition coefficient (Wildman–Crippen LogP) is 2.53. The van der Waals surface area contributed by atoms with Crippen molar-refractivity contribution >= 4 is 11.9 Å². The Morgan fingerprint density at radius 2 is 2.00 bits per heavy atom. The number of hydrogen-bond acceptors (Lipinski definition) is 3. The average molecular weight is 240 g/mol. The molecule has 0 aromatic rings. The molecule has 0 radical (unpaired) electrons. The summed E-state index contributed by atoms with van der Waals surface area (Å²) in [5, 5.41) is 8.42. The minimum atomic E-state index is -1.13. The van der Waals surface area contributed by atoms with Gasteiger partial charge in [0.1, 0.15) is 6.10 Å². The summed E-state index contributed by atoms with van der Waals surface area (Å²) in [7, 11) is 0. The highest BCUT2D eigenvalue weighted by Gasteiger charge is 2.42. The number of hydrogen-bond donors (Lipinski definition) is 1. The third-order valence-corrected chi connectivity index (χ3v) is 3.85. The molecule has 4 heteroatoms. The van der Waals surface area contributed by atoms with Crippen LogP contribution in [0, 0.1) is 5.41 Å². The van der Waals surface area contributed by atoms with Gasteiger partial charge < -0.3 is 9.84 Å². The van der Waals surface area contributed by atoms with Crippen LogP contribution in [-0.2, 0) is 14.3 Å². The zero-order valence-electron chi connectivity index (χ0n) is 10.4. The first-order valence-corrected chi connectivity index (χ1v) is 6.15. The van der Waals surface area contributed by atoms with E-state index in [9.17, 15) is 9.59 Å². The van der Waals surface area contributed by atoms with Crippen molar-refractivity contribution < 1.29 is 19.4 Å². The fourth-order valence-corrected chi connectivity index (χ4v) is 2.67. The van der Waals surface area contributed by atoms with Crippen molar-refractivity contribution in [1.29, 1.82) is 0 Å². The summed E-state index contributed by atoms with van der Waals surface area (Å²) in [5.74, 6) is -1.68. The Morgan fingerprint density at radius 3 is 2.53 bits per heavy atom. The Balaban J connectivity index is 2.61. The summed E-state index contributed by atoms with van der Waals surface area (Å²) in [6, 6.07) is 0. The van der Waals surface area contributed by atoms with Gasteiger partial charge >= 0.3 is 11.9 Å². The van der Waals surface area contributed by atoms with E-state index in [1.54, 1.807) is 0 Å². The second-order valence-electron chi connectivity index (χ2n) is 4.56. The third kappa shape index (κ3) is 3.32. The first-order chi connectivity index (χ1) is 8.04. The van der Waals surface area contributed by atoms with E-state index in [0.717, 1.165) is 44.3 Å². The Hall–Kier alpha value is -1.32. The van der Waals surface area contributed by atoms with E-state index in [2.05, 4.69) is 13.8 Å². The van der Waals surface area contributed by atoms with E-state index in [4.69, 9.17) is 9.84 Å². The average Bonchev–Trinajstić information content (AvgIpc) is 2.70. The van der Waals surface area contributed by atoms with Gasteiger partial charge in [0.15, 0.2) is 0 Å². The molecular weight excluding hydrogens is 220 g/mol. The van der Waals surface area contributed by atoms with Crippen LogP contribution in [0.3, 0.4) is 0 Å². The Kier molecular flexibility index (Phi) is 4.73. The lowest BCUT2D eigenvalue weighted by Gasteiger charge is -2.32. The van der Waals surface area contributed by atoms with E-state index >= 15 is 0 Å². The maximum absolute atomic E-state index is 11.5. The lowest BCUT2D eigenvalue weighted by atomic mass is 9.79. The molecule has 17 heavy (non-hydrogen) atoms. The zero-order chi connectivity index (χ0) is 12.9. The minimum absolute atomic E-state index is 0.0663. The van der Waals surface area contributed by atoms with Crippen molar-refractivity contribution in [3.05, 3.63) is 12.2 Å². The molecule has 0 amide bonds. The highest BCUT2D eigenvalue weighted by atomic mass is 16.5. The van der Waals surface area contributed by atoms with Crippen LogP contribution in [0.25, 0.3) is 0 Å². The van der Waals surface area contributed by atoms with Crippen molar-refractivity contribution in [3.8, 4) is 0 Å². The number of rotatable bonds is 5. The first-order valence-electron chi connectivity index (χ1n) is 6.15. The number of esters is 1. The molecule has 0 aromatic carbocycles. The molecule has 1 rings (SSSR count). The van der Waals surface area contributed by atoms with Gasteiger partial charge in [-0.2, -0.15) is 0 Å². The topological polar surface area (TPSA) is 63.6 Å². The van der Waals surface area contributed by atoms with Gasteiger partial charge in [0.25, 0.3) is 0 Å². The van der Waals surface area contributed by atoms with Crippen LogP contribution < -0.4 is 0 Å². The van der Waals surface area contributed by atoms with Crippen LogP contribution in [0.4, 0.5) is 0 Å². The zero-order valence-corrected chi connectivity index (χ0v) is 10.4. The lowest BCUT2D eigenvalue weighted by Crippen LogP contribution is -2.32. The summed E-state index contributed by atoms with van der Waals surface area (Å²) in [6.07, 6.45) is 6.75. The molecule has 0 aromatic heterocycles. The van der Waals surface area contributed by atoms with E-state index < -0.39 is 11.9 Å². The van der Waals surface area contributed by atoms with Crippen LogP contribution in [0.2, 0.25) is 0 Å². The van der Waals surface area contributed by atoms with Crippen molar-refractivity contribution in [2.45, 2.75) is 52.1 Å². The minimum Gasteiger partial charge on any atom is -0.478 e. The maximum atomic E-state index is 11.5. The number of aliphatic carboxylic acids is 1. The normalized spacial score (nSPS) is 22.8. The first kappa shape index (κ1) is 13.7. The molecule has 1 aliphatic carbocycles. The van der Waals surface area contributed by atoms with E-state index in [1.165, 1.54) is 0 Å². The molecule has 1 aliphatic rings. The molecule has 1 saturated carbocycles. The molecule has 0 saturated heterocycles. The molecule has 0 aliphatic heterocycles. The van der Waals surface area contributed by atoms with Gasteiger partial charge in [-0.3, -0.25) is 0 Å². The Bertz CT molecular complexity index is 315. The van der Waals surface area contributed by atoms with Crippen LogP contribution in [0.5, 0.6) is 0 Å². The van der Waals surface area contributed by atoms with Gasteiger partial charge in [-0.25, -0.2) is 9.59 Å². The number of carbonyl (C=O) groups excluding carboxylic acids is 1. The summed E-state index contributed by atoms with van der Waals surface area (Å²) >= 11 is 0. The van der Waals surface area contributed by atoms with Crippen LogP contribution in [-0.4, -0.2) is 23.1 Å². The lowest BCUT2D eigenvalue weighted by molar-refractivity contribution is -0.149. The van der Waals surface area contributed by atoms with Gasteiger partial charge in [-0.05, 0) is 32.1 Å². The van der Waals surface area contributed by atoms with Gasteiger partial charge in [-0.1, -0.05) is 13.8 Å². The number of carbonyl (C=O) groups is 2. The van der Waals surface area contributed by atoms with Crippen LogP contribution >= 0.6 is 0 Å². The van der Waals surface area contributed by atoms with Crippen molar-refractivity contribution in [1.82, 2.24) is 0 Å². The summed E-state index contributed by atoms with van der Waals surface area (Å²) in [6.45, 7) is 4.23. The largest absolute Gasteiger partial charge is 0.478 e. The molecule has 1 N–H and O–H groups in total. The van der Waals surface area contributed by atoms with Gasteiger partial charge in [0.05, 0.1) is 0 Å². The van der Waals surface area contributed by atoms with E-state index in [0.29, 0.717) is 0 Å². The molecule has 1 atom stereocenters. The summed E-state index contributed by atoms with van der Waals surface area (Å²) < 4.78 is 5.37. The van der Waals surface area contributed by atoms with Crippen molar-refractivity contribution in [3.63, 3.8) is 0 Å². The second-order valence-corrected chi connectivity index (χ2v) is 4.56. The molecule has 0 heterocycles. The molecule has 1 unspecified atom stereocenters. The molecule has 96 valence electrons. The maximum Gasteiger partial charge on any atom is 0.331 e. The summed E-state index contributed by atoms with van der Waals surface area (Å²) in [5.41, 5.74) is 0.0900. The van der Waals surface area contributed by atoms with Gasteiger partial charge in [0.2, 0.25) is 0 Å². The molecule has 0 spiro atoms. The molecule has 0 bridgehead atoms. The number of carboxylic acid groups (broad SMARTS) is 1. The van der Waals surface area contributed by atoms with Crippen LogP contribution in [0.1, 0.15) is 46.0 Å².